The van der Waals surface area contributed by atoms with Gasteiger partial charge in [0.15, 0.2) is 5.82 Å². The minimum atomic E-state index is 0.364. The highest BCUT2D eigenvalue weighted by molar-refractivity contribution is 5.93. The van der Waals surface area contributed by atoms with E-state index in [1.54, 1.807) is 6.08 Å². The standard InChI is InChI=1S/C12H21N7/c1-9-7-12(17-16-9)15-10(13)8-11(14)19-5-3-18(2)4-6-19/h7-8H,3-6,14H2,1-2H3,(H3,13,15,16,17)/b11-8+. The zero-order valence-corrected chi connectivity index (χ0v) is 11.4. The summed E-state index contributed by atoms with van der Waals surface area (Å²) in [6.45, 7) is 5.74. The molecule has 0 unspecified atom stereocenters. The molecule has 0 radical (unpaired) electrons. The van der Waals surface area contributed by atoms with Gasteiger partial charge in [0, 0.05) is 44.0 Å². The SMILES string of the molecule is Cc1cc(N=C(N)/C=C(\N)N2CCN(C)CC2)n[nH]1. The molecule has 104 valence electrons. The van der Waals surface area contributed by atoms with Crippen LogP contribution < -0.4 is 11.5 Å². The van der Waals surface area contributed by atoms with Crippen molar-refractivity contribution in [2.75, 3.05) is 33.2 Å². The number of rotatable bonds is 3. The van der Waals surface area contributed by atoms with Gasteiger partial charge in [0.25, 0.3) is 0 Å². The molecule has 0 atom stereocenters. The summed E-state index contributed by atoms with van der Waals surface area (Å²) in [4.78, 5) is 8.57. The first-order chi connectivity index (χ1) is 9.04. The van der Waals surface area contributed by atoms with E-state index >= 15 is 0 Å². The fourth-order valence-corrected chi connectivity index (χ4v) is 1.93. The van der Waals surface area contributed by atoms with Crippen LogP contribution in [0.4, 0.5) is 5.82 Å². The second-order valence-corrected chi connectivity index (χ2v) is 4.81. The minimum absolute atomic E-state index is 0.364. The van der Waals surface area contributed by atoms with Crippen LogP contribution in [0.15, 0.2) is 23.0 Å². The first kappa shape index (κ1) is 13.4. The van der Waals surface area contributed by atoms with Crippen LogP contribution in [-0.2, 0) is 0 Å². The van der Waals surface area contributed by atoms with Crippen molar-refractivity contribution in [2.24, 2.45) is 16.5 Å². The Morgan fingerprint density at radius 3 is 2.63 bits per heavy atom. The summed E-state index contributed by atoms with van der Waals surface area (Å²) in [6.07, 6.45) is 1.69. The number of aromatic amines is 1. The van der Waals surface area contributed by atoms with Gasteiger partial charge >= 0.3 is 0 Å². The number of nitrogens with one attached hydrogen (secondary N) is 1. The highest BCUT2D eigenvalue weighted by Crippen LogP contribution is 2.09. The molecule has 0 aromatic carbocycles. The van der Waals surface area contributed by atoms with Gasteiger partial charge in [-0.3, -0.25) is 5.10 Å². The predicted octanol–water partition coefficient (Wildman–Crippen LogP) is -0.246. The van der Waals surface area contributed by atoms with E-state index in [0.717, 1.165) is 31.9 Å². The van der Waals surface area contributed by atoms with Gasteiger partial charge in [0.05, 0.1) is 0 Å². The fraction of sp³-hybridized carbons (Fsp3) is 0.500. The zero-order chi connectivity index (χ0) is 13.8. The molecule has 0 amide bonds. The summed E-state index contributed by atoms with van der Waals surface area (Å²) in [5, 5.41) is 6.82. The number of nitrogens with two attached hydrogens (primary N) is 2. The molecule has 0 aliphatic carbocycles. The molecule has 2 rings (SSSR count). The molecule has 0 saturated carbocycles. The van der Waals surface area contributed by atoms with Crippen LogP contribution in [0.1, 0.15) is 5.69 Å². The molecule has 2 heterocycles. The number of nitrogens with zero attached hydrogens (tertiary/aromatic N) is 4. The highest BCUT2D eigenvalue weighted by atomic mass is 15.3. The molecule has 19 heavy (non-hydrogen) atoms. The van der Waals surface area contributed by atoms with Gasteiger partial charge in [0.2, 0.25) is 0 Å². The molecule has 1 saturated heterocycles. The van der Waals surface area contributed by atoms with Gasteiger partial charge in [-0.2, -0.15) is 5.10 Å². The van der Waals surface area contributed by atoms with Crippen molar-refractivity contribution < 1.29 is 0 Å². The number of aromatic nitrogens is 2. The number of aliphatic imine (C=N–C) groups is 1. The maximum absolute atomic E-state index is 6.03. The van der Waals surface area contributed by atoms with Gasteiger partial charge in [0.1, 0.15) is 11.7 Å². The average molecular weight is 263 g/mol. The number of aryl methyl sites for hydroxylation is 1. The number of hydrogen-bond donors (Lipinski definition) is 3. The summed E-state index contributed by atoms with van der Waals surface area (Å²) < 4.78 is 0. The Kier molecular flexibility index (Phi) is 4.06. The highest BCUT2D eigenvalue weighted by Gasteiger charge is 2.14. The molecule has 0 spiro atoms. The third-order valence-electron chi connectivity index (χ3n) is 3.10. The summed E-state index contributed by atoms with van der Waals surface area (Å²) in [7, 11) is 2.10. The van der Waals surface area contributed by atoms with Crippen LogP contribution in [-0.4, -0.2) is 59.1 Å². The van der Waals surface area contributed by atoms with E-state index in [9.17, 15) is 0 Å². The Morgan fingerprint density at radius 2 is 2.05 bits per heavy atom. The molecule has 0 bridgehead atoms. The second-order valence-electron chi connectivity index (χ2n) is 4.81. The van der Waals surface area contributed by atoms with Crippen molar-refractivity contribution >= 4 is 11.7 Å². The summed E-state index contributed by atoms with van der Waals surface area (Å²) in [6, 6.07) is 1.83. The van der Waals surface area contributed by atoms with E-state index in [1.807, 2.05) is 13.0 Å². The normalized spacial score (nSPS) is 18.9. The number of likely N-dealkylation sites (N-methyl/N-ethyl adjacent to an activating group) is 1. The molecular weight excluding hydrogens is 242 g/mol. The lowest BCUT2D eigenvalue weighted by atomic mass is 10.3. The molecule has 5 N–H and O–H groups in total. The number of H-pyrrole nitrogens is 1. The van der Waals surface area contributed by atoms with Crippen molar-refractivity contribution in [3.63, 3.8) is 0 Å². The van der Waals surface area contributed by atoms with Crippen molar-refractivity contribution in [1.82, 2.24) is 20.0 Å². The smallest absolute Gasteiger partial charge is 0.175 e. The third kappa shape index (κ3) is 3.72. The molecule has 1 aromatic heterocycles. The maximum atomic E-state index is 6.03. The summed E-state index contributed by atoms with van der Waals surface area (Å²) >= 11 is 0. The molecule has 7 heteroatoms. The molecule has 1 aromatic rings. The van der Waals surface area contributed by atoms with Gasteiger partial charge < -0.3 is 21.3 Å². The van der Waals surface area contributed by atoms with E-state index in [1.165, 1.54) is 0 Å². The minimum Gasteiger partial charge on any atom is -0.385 e. The van der Waals surface area contributed by atoms with Gasteiger partial charge in [-0.25, -0.2) is 4.99 Å². The molecule has 7 nitrogen and oxygen atoms in total. The summed E-state index contributed by atoms with van der Waals surface area (Å²) in [5.74, 6) is 1.59. The average Bonchev–Trinajstić information content (AvgIpc) is 2.75. The van der Waals surface area contributed by atoms with Gasteiger partial charge in [-0.05, 0) is 14.0 Å². The van der Waals surface area contributed by atoms with Crippen LogP contribution in [0, 0.1) is 6.92 Å². The fourth-order valence-electron chi connectivity index (χ4n) is 1.93. The molecule has 1 aliphatic rings. The van der Waals surface area contributed by atoms with Crippen molar-refractivity contribution in [3.8, 4) is 0 Å². The first-order valence-corrected chi connectivity index (χ1v) is 6.31. The van der Waals surface area contributed by atoms with Crippen molar-refractivity contribution in [2.45, 2.75) is 6.92 Å². The van der Waals surface area contributed by atoms with E-state index < -0.39 is 0 Å². The van der Waals surface area contributed by atoms with Crippen LogP contribution in [0.5, 0.6) is 0 Å². The van der Waals surface area contributed by atoms with Gasteiger partial charge in [-0.1, -0.05) is 0 Å². The topological polar surface area (TPSA) is 99.6 Å². The maximum Gasteiger partial charge on any atom is 0.175 e. The predicted molar refractivity (Wildman–Crippen MR) is 75.9 cm³/mol. The lowest BCUT2D eigenvalue weighted by molar-refractivity contribution is 0.185. The zero-order valence-electron chi connectivity index (χ0n) is 11.4. The molecule has 1 aliphatic heterocycles. The van der Waals surface area contributed by atoms with Crippen molar-refractivity contribution in [3.05, 3.63) is 23.7 Å². The van der Waals surface area contributed by atoms with Crippen molar-refractivity contribution in [1.29, 1.82) is 0 Å². The summed E-state index contributed by atoms with van der Waals surface area (Å²) in [5.41, 5.74) is 12.8. The first-order valence-electron chi connectivity index (χ1n) is 6.31. The molecule has 1 fully saturated rings. The van der Waals surface area contributed by atoms with E-state index in [4.69, 9.17) is 11.5 Å². The Hall–Kier alpha value is -2.02. The lowest BCUT2D eigenvalue weighted by Gasteiger charge is -2.33. The van der Waals surface area contributed by atoms with Crippen LogP contribution in [0.25, 0.3) is 0 Å². The van der Waals surface area contributed by atoms with E-state index in [-0.39, 0.29) is 0 Å². The quantitative estimate of drug-likeness (QED) is 0.516. The third-order valence-corrected chi connectivity index (χ3v) is 3.10. The van der Waals surface area contributed by atoms with E-state index in [2.05, 4.69) is 32.0 Å². The number of amidine groups is 1. The lowest BCUT2D eigenvalue weighted by Crippen LogP contribution is -2.45. The van der Waals surface area contributed by atoms with Gasteiger partial charge in [-0.15, -0.1) is 0 Å². The van der Waals surface area contributed by atoms with Crippen LogP contribution in [0.3, 0.4) is 0 Å². The Bertz CT molecular complexity index is 480. The Morgan fingerprint density at radius 1 is 1.37 bits per heavy atom. The number of piperazine rings is 1. The van der Waals surface area contributed by atoms with E-state index in [0.29, 0.717) is 17.5 Å². The second kappa shape index (κ2) is 5.75. The van der Waals surface area contributed by atoms with Crippen LogP contribution >= 0.6 is 0 Å². The largest absolute Gasteiger partial charge is 0.385 e. The molecular formula is C12H21N7. The number of hydrogen-bond acceptors (Lipinski definition) is 5. The Labute approximate surface area is 113 Å². The van der Waals surface area contributed by atoms with Crippen LogP contribution in [0.2, 0.25) is 0 Å². The monoisotopic (exact) mass is 263 g/mol. The Balaban J connectivity index is 2.01.